The molecule has 17 heavy (non-hydrogen) atoms. The lowest BCUT2D eigenvalue weighted by Crippen LogP contribution is -2.32. The van der Waals surface area contributed by atoms with Gasteiger partial charge in [-0.1, -0.05) is 26.8 Å². The Kier molecular flexibility index (Phi) is 3.84. The molecule has 0 aliphatic rings. The molecule has 5 heteroatoms. The van der Waals surface area contributed by atoms with Crippen molar-refractivity contribution < 1.29 is 8.42 Å². The van der Waals surface area contributed by atoms with Crippen LogP contribution in [0, 0.1) is 12.3 Å². The van der Waals surface area contributed by atoms with E-state index in [0.29, 0.717) is 17.8 Å². The zero-order valence-electron chi connectivity index (χ0n) is 10.7. The Morgan fingerprint density at radius 1 is 1.29 bits per heavy atom. The van der Waals surface area contributed by atoms with Crippen LogP contribution in [-0.4, -0.2) is 15.0 Å². The first-order valence-corrected chi connectivity index (χ1v) is 6.96. The van der Waals surface area contributed by atoms with Gasteiger partial charge in [0.2, 0.25) is 10.0 Å². The quantitative estimate of drug-likeness (QED) is 0.811. The van der Waals surface area contributed by atoms with Gasteiger partial charge in [0.15, 0.2) is 0 Å². The fourth-order valence-electron chi connectivity index (χ4n) is 1.30. The van der Waals surface area contributed by atoms with Gasteiger partial charge < -0.3 is 5.73 Å². The van der Waals surface area contributed by atoms with Crippen LogP contribution in [0.25, 0.3) is 0 Å². The van der Waals surface area contributed by atoms with Gasteiger partial charge in [0, 0.05) is 12.2 Å². The van der Waals surface area contributed by atoms with Crippen LogP contribution >= 0.6 is 0 Å². The van der Waals surface area contributed by atoms with Crippen LogP contribution in [0.1, 0.15) is 26.3 Å². The number of sulfonamides is 1. The van der Waals surface area contributed by atoms with E-state index in [1.807, 2.05) is 20.8 Å². The van der Waals surface area contributed by atoms with Gasteiger partial charge in [-0.2, -0.15) is 0 Å². The number of aryl methyl sites for hydroxylation is 1. The van der Waals surface area contributed by atoms with Crippen LogP contribution < -0.4 is 10.5 Å². The van der Waals surface area contributed by atoms with Gasteiger partial charge in [0.1, 0.15) is 0 Å². The molecule has 0 heterocycles. The maximum atomic E-state index is 12.1. The van der Waals surface area contributed by atoms with Gasteiger partial charge in [0.25, 0.3) is 0 Å². The Balaban J connectivity index is 3.02. The summed E-state index contributed by atoms with van der Waals surface area (Å²) in [5.74, 6) is 0. The number of nitrogens with one attached hydrogen (secondary N) is 1. The molecule has 0 amide bonds. The molecule has 0 aromatic heterocycles. The first kappa shape index (κ1) is 14.0. The van der Waals surface area contributed by atoms with Crippen LogP contribution in [0.4, 0.5) is 5.69 Å². The highest BCUT2D eigenvalue weighted by Gasteiger charge is 2.20. The average molecular weight is 256 g/mol. The SMILES string of the molecule is Cc1ccc(N)cc1S(=O)(=O)NCC(C)(C)C. The van der Waals surface area contributed by atoms with Crippen molar-refractivity contribution in [1.82, 2.24) is 4.72 Å². The smallest absolute Gasteiger partial charge is 0.240 e. The van der Waals surface area contributed by atoms with Crippen LogP contribution in [0.15, 0.2) is 23.1 Å². The summed E-state index contributed by atoms with van der Waals surface area (Å²) in [6.45, 7) is 8.07. The lowest BCUT2D eigenvalue weighted by molar-refractivity contribution is 0.407. The third-order valence-corrected chi connectivity index (χ3v) is 3.84. The summed E-state index contributed by atoms with van der Waals surface area (Å²) in [6, 6.07) is 4.89. The number of rotatable bonds is 3. The second-order valence-corrected chi connectivity index (χ2v) is 7.15. The summed E-state index contributed by atoms with van der Waals surface area (Å²) in [4.78, 5) is 0.252. The first-order valence-electron chi connectivity index (χ1n) is 5.48. The molecule has 1 aromatic rings. The average Bonchev–Trinajstić information content (AvgIpc) is 2.18. The molecule has 0 atom stereocenters. The van der Waals surface area contributed by atoms with E-state index < -0.39 is 10.0 Å². The summed E-state index contributed by atoms with van der Waals surface area (Å²) in [7, 11) is -3.48. The molecule has 0 aliphatic carbocycles. The third kappa shape index (κ3) is 4.02. The number of hydrogen-bond donors (Lipinski definition) is 2. The van der Waals surface area contributed by atoms with E-state index in [9.17, 15) is 8.42 Å². The Hall–Kier alpha value is -1.07. The summed E-state index contributed by atoms with van der Waals surface area (Å²) >= 11 is 0. The zero-order valence-corrected chi connectivity index (χ0v) is 11.6. The van der Waals surface area contributed by atoms with Gasteiger partial charge in [-0.25, -0.2) is 13.1 Å². The minimum atomic E-state index is -3.48. The van der Waals surface area contributed by atoms with E-state index in [2.05, 4.69) is 4.72 Å². The summed E-state index contributed by atoms with van der Waals surface area (Å²) in [5, 5.41) is 0. The highest BCUT2D eigenvalue weighted by molar-refractivity contribution is 7.89. The number of nitrogen functional groups attached to an aromatic ring is 1. The summed E-state index contributed by atoms with van der Waals surface area (Å²) in [6.07, 6.45) is 0. The molecule has 96 valence electrons. The summed E-state index contributed by atoms with van der Waals surface area (Å²) in [5.41, 5.74) is 6.66. The van der Waals surface area contributed by atoms with Gasteiger partial charge in [-0.15, -0.1) is 0 Å². The lowest BCUT2D eigenvalue weighted by Gasteiger charge is -2.19. The van der Waals surface area contributed by atoms with E-state index in [0.717, 1.165) is 0 Å². The zero-order chi connectivity index (χ0) is 13.3. The van der Waals surface area contributed by atoms with Crippen molar-refractivity contribution >= 4 is 15.7 Å². The normalized spacial score (nSPS) is 12.7. The molecule has 0 saturated heterocycles. The number of nitrogens with two attached hydrogens (primary N) is 1. The maximum Gasteiger partial charge on any atom is 0.240 e. The van der Waals surface area contributed by atoms with Crippen molar-refractivity contribution in [2.45, 2.75) is 32.6 Å². The molecule has 0 saturated carbocycles. The first-order chi connectivity index (χ1) is 7.62. The standard InChI is InChI=1S/C12H20N2O2S/c1-9-5-6-10(13)7-11(9)17(15,16)14-8-12(2,3)4/h5-7,14H,8,13H2,1-4H3. The molecule has 3 N–H and O–H groups in total. The van der Waals surface area contributed by atoms with Gasteiger partial charge in [-0.3, -0.25) is 0 Å². The van der Waals surface area contributed by atoms with Crippen LogP contribution in [0.2, 0.25) is 0 Å². The predicted molar refractivity (Wildman–Crippen MR) is 70.2 cm³/mol. The fraction of sp³-hybridized carbons (Fsp3) is 0.500. The fourth-order valence-corrected chi connectivity index (χ4v) is 2.86. The maximum absolute atomic E-state index is 12.1. The largest absolute Gasteiger partial charge is 0.399 e. The molecule has 1 aromatic carbocycles. The Morgan fingerprint density at radius 3 is 2.41 bits per heavy atom. The topological polar surface area (TPSA) is 72.2 Å². The molecule has 0 radical (unpaired) electrons. The molecule has 0 aliphatic heterocycles. The van der Waals surface area contributed by atoms with E-state index in [-0.39, 0.29) is 10.3 Å². The van der Waals surface area contributed by atoms with Crippen molar-refractivity contribution in [3.05, 3.63) is 23.8 Å². The number of benzene rings is 1. The van der Waals surface area contributed by atoms with Crippen molar-refractivity contribution in [1.29, 1.82) is 0 Å². The Labute approximate surface area is 103 Å². The third-order valence-electron chi connectivity index (χ3n) is 2.29. The van der Waals surface area contributed by atoms with Crippen molar-refractivity contribution in [2.75, 3.05) is 12.3 Å². The van der Waals surface area contributed by atoms with Gasteiger partial charge >= 0.3 is 0 Å². The number of anilines is 1. The van der Waals surface area contributed by atoms with Crippen molar-refractivity contribution in [3.63, 3.8) is 0 Å². The van der Waals surface area contributed by atoms with Crippen molar-refractivity contribution in [2.24, 2.45) is 5.41 Å². The van der Waals surface area contributed by atoms with E-state index >= 15 is 0 Å². The molecule has 0 bridgehead atoms. The van der Waals surface area contributed by atoms with E-state index in [1.165, 1.54) is 6.07 Å². The van der Waals surface area contributed by atoms with Crippen LogP contribution in [0.5, 0.6) is 0 Å². The van der Waals surface area contributed by atoms with Crippen LogP contribution in [0.3, 0.4) is 0 Å². The minimum absolute atomic E-state index is 0.0959. The lowest BCUT2D eigenvalue weighted by atomic mass is 9.98. The second-order valence-electron chi connectivity index (χ2n) is 5.41. The minimum Gasteiger partial charge on any atom is -0.399 e. The van der Waals surface area contributed by atoms with Crippen LogP contribution in [-0.2, 0) is 10.0 Å². The molecule has 1 rings (SSSR count). The van der Waals surface area contributed by atoms with E-state index in [4.69, 9.17) is 5.73 Å². The number of hydrogen-bond acceptors (Lipinski definition) is 3. The Morgan fingerprint density at radius 2 is 1.88 bits per heavy atom. The predicted octanol–water partition coefficient (Wildman–Crippen LogP) is 1.90. The summed E-state index contributed by atoms with van der Waals surface area (Å²) < 4.78 is 26.8. The second kappa shape index (κ2) is 4.66. The van der Waals surface area contributed by atoms with Gasteiger partial charge in [0.05, 0.1) is 4.90 Å². The molecular formula is C12H20N2O2S. The van der Waals surface area contributed by atoms with E-state index in [1.54, 1.807) is 19.1 Å². The molecule has 4 nitrogen and oxygen atoms in total. The highest BCUT2D eigenvalue weighted by Crippen LogP contribution is 2.19. The monoisotopic (exact) mass is 256 g/mol. The molecular weight excluding hydrogens is 236 g/mol. The highest BCUT2D eigenvalue weighted by atomic mass is 32.2. The molecule has 0 spiro atoms. The van der Waals surface area contributed by atoms with Gasteiger partial charge in [-0.05, 0) is 30.0 Å². The molecule has 0 unspecified atom stereocenters. The Bertz CT molecular complexity index is 502. The molecule has 0 fully saturated rings. The van der Waals surface area contributed by atoms with Crippen molar-refractivity contribution in [3.8, 4) is 0 Å².